The van der Waals surface area contributed by atoms with E-state index in [1.54, 1.807) is 6.92 Å². The Balaban J connectivity index is 0.000000286. The highest BCUT2D eigenvalue weighted by atomic mass is 32.1. The minimum Gasteiger partial charge on any atom is -0.394 e. The molecule has 0 radical (unpaired) electrons. The standard InChI is InChI=1S/C12H22O10S.C9H18O5S.C8H15NO5S/c13-1-3-5(15)6(16)8(18)11(20-3)22-10-4(2-14)21-12(23)9(19)7(10)17;1-5-7(11)8(12)6(4-10)14-9(5)13-2-3-15;1-3(11)9-5-7(13)6(12)4(2-10)14-8(5)15/h3-19,23H,1-2H2;5-12,15H,2-4H2,1H3;4-8,10,12-13,15H,2H2,1H3,(H,9,11)/t3?,4?,5-,6+,7-,8+,9+,10-,11?,12?;5-,6?,7+,8-,9?;4?,5-,6+,7+,8?/m100/s1. The molecule has 0 aromatic carbocycles. The van der Waals surface area contributed by atoms with E-state index in [1.165, 1.54) is 6.92 Å². The largest absolute Gasteiger partial charge is 0.394 e. The second-order valence-corrected chi connectivity index (χ2v) is 14.1. The van der Waals surface area contributed by atoms with E-state index in [2.05, 4.69) is 43.2 Å². The number of carbonyl (C=O) groups is 1. The summed E-state index contributed by atoms with van der Waals surface area (Å²) < 4.78 is 31.4. The first kappa shape index (κ1) is 48.9. The van der Waals surface area contributed by atoms with Gasteiger partial charge in [-0.2, -0.15) is 12.6 Å². The molecule has 4 heterocycles. The Kier molecular flexibility index (Phi) is 21.4. The summed E-state index contributed by atoms with van der Waals surface area (Å²) in [7, 11) is 0. The molecule has 14 N–H and O–H groups in total. The van der Waals surface area contributed by atoms with E-state index in [1.807, 2.05) is 0 Å². The fourth-order valence-corrected chi connectivity index (χ4v) is 6.48. The van der Waals surface area contributed by atoms with E-state index in [0.717, 1.165) is 0 Å². The van der Waals surface area contributed by atoms with Crippen LogP contribution in [0.15, 0.2) is 0 Å². The van der Waals surface area contributed by atoms with Crippen molar-refractivity contribution >= 4 is 43.8 Å². The lowest BCUT2D eigenvalue weighted by Gasteiger charge is -2.45. The summed E-state index contributed by atoms with van der Waals surface area (Å²) in [6.07, 6.45) is -19.6. The third-order valence-corrected chi connectivity index (χ3v) is 9.86. The van der Waals surface area contributed by atoms with Crippen LogP contribution in [-0.2, 0) is 33.2 Å². The average molecular weight is 834 g/mol. The first-order valence-corrected chi connectivity index (χ1v) is 18.3. The van der Waals surface area contributed by atoms with Crippen molar-refractivity contribution in [2.75, 3.05) is 38.8 Å². The minimum atomic E-state index is -1.68. The van der Waals surface area contributed by atoms with Gasteiger partial charge in [-0.15, -0.1) is 25.3 Å². The Morgan fingerprint density at radius 1 is 0.604 bits per heavy atom. The Morgan fingerprint density at radius 3 is 1.58 bits per heavy atom. The van der Waals surface area contributed by atoms with Crippen molar-refractivity contribution in [2.24, 2.45) is 5.92 Å². The summed E-state index contributed by atoms with van der Waals surface area (Å²) in [4.78, 5) is 10.8. The second-order valence-electron chi connectivity index (χ2n) is 12.6. The smallest absolute Gasteiger partial charge is 0.217 e. The van der Waals surface area contributed by atoms with E-state index in [9.17, 15) is 55.9 Å². The van der Waals surface area contributed by atoms with Gasteiger partial charge < -0.3 is 100 Å². The molecule has 0 aliphatic carbocycles. The van der Waals surface area contributed by atoms with Crippen LogP contribution in [0, 0.1) is 5.92 Å². The molecular weight excluding hydrogens is 779 g/mol. The zero-order valence-electron chi connectivity index (χ0n) is 28.8. The highest BCUT2D eigenvalue weighted by Gasteiger charge is 2.50. The zero-order chi connectivity index (χ0) is 40.3. The fourth-order valence-electron chi connectivity index (χ4n) is 5.64. The maximum Gasteiger partial charge on any atom is 0.217 e. The molecule has 314 valence electrons. The van der Waals surface area contributed by atoms with Crippen LogP contribution in [0.3, 0.4) is 0 Å². The molecule has 20 atom stereocenters. The molecule has 4 aliphatic rings. The Hall–Kier alpha value is -0.240. The van der Waals surface area contributed by atoms with Crippen molar-refractivity contribution in [1.29, 1.82) is 0 Å². The molecule has 1 amide bonds. The summed E-state index contributed by atoms with van der Waals surface area (Å²) in [5.74, 6) is -0.131. The second kappa shape index (κ2) is 23.2. The fraction of sp³-hybridized carbons (Fsp3) is 0.966. The minimum absolute atomic E-state index is 0.331. The van der Waals surface area contributed by atoms with Gasteiger partial charge in [-0.3, -0.25) is 4.79 Å². The lowest BCUT2D eigenvalue weighted by Crippen LogP contribution is -2.63. The van der Waals surface area contributed by atoms with Crippen LogP contribution in [0.4, 0.5) is 0 Å². The van der Waals surface area contributed by atoms with Gasteiger partial charge in [-0.25, -0.2) is 0 Å². The number of thiol groups is 3. The van der Waals surface area contributed by atoms with Gasteiger partial charge in [-0.05, 0) is 0 Å². The number of hydrogen-bond donors (Lipinski definition) is 17. The number of amides is 1. The summed E-state index contributed by atoms with van der Waals surface area (Å²) in [6, 6.07) is -0.788. The van der Waals surface area contributed by atoms with Crippen molar-refractivity contribution in [3.05, 3.63) is 0 Å². The van der Waals surface area contributed by atoms with Crippen LogP contribution in [0.25, 0.3) is 0 Å². The van der Waals surface area contributed by atoms with Crippen molar-refractivity contribution in [2.45, 2.75) is 129 Å². The first-order valence-electron chi connectivity index (χ1n) is 16.6. The van der Waals surface area contributed by atoms with Gasteiger partial charge in [0.05, 0.1) is 45.2 Å². The average Bonchev–Trinajstić information content (AvgIpc) is 3.14. The lowest BCUT2D eigenvalue weighted by molar-refractivity contribution is -0.338. The molecule has 8 unspecified atom stereocenters. The SMILES string of the molecule is CC(=O)N[C@@H]1C(S)OC(CO)[C@@H](O)[C@@H]1O.C[C@@H]1C(OCCS)OC(CO)[C@H](O)[C@@H]1O.OCC1OC(O[C@@H]2C(CO)OC(S)[C@@H](O)[C@H]2O)[C@@H](O)[C@@H](O)[C@@H]1O. The molecule has 21 nitrogen and oxygen atoms in total. The molecule has 0 spiro atoms. The number of ether oxygens (including phenoxy) is 6. The van der Waals surface area contributed by atoms with E-state index >= 15 is 0 Å². The monoisotopic (exact) mass is 833 g/mol. The van der Waals surface area contributed by atoms with Crippen molar-refractivity contribution < 1.29 is 99.6 Å². The van der Waals surface area contributed by atoms with Gasteiger partial charge in [0.15, 0.2) is 12.6 Å². The van der Waals surface area contributed by atoms with Gasteiger partial charge in [-0.1, -0.05) is 6.92 Å². The van der Waals surface area contributed by atoms with Crippen molar-refractivity contribution in [3.63, 3.8) is 0 Å². The number of hydrogen-bond acceptors (Lipinski definition) is 23. The van der Waals surface area contributed by atoms with Gasteiger partial charge in [0.2, 0.25) is 5.91 Å². The molecule has 4 fully saturated rings. The van der Waals surface area contributed by atoms with E-state index in [4.69, 9.17) is 43.7 Å². The van der Waals surface area contributed by atoms with E-state index in [-0.39, 0.29) is 18.4 Å². The van der Waals surface area contributed by atoms with Crippen molar-refractivity contribution in [3.8, 4) is 0 Å². The van der Waals surface area contributed by atoms with Crippen LogP contribution in [0.2, 0.25) is 0 Å². The third-order valence-electron chi connectivity index (χ3n) is 8.81. The zero-order valence-corrected chi connectivity index (χ0v) is 31.5. The molecule has 0 saturated carbocycles. The summed E-state index contributed by atoms with van der Waals surface area (Å²) in [6.45, 7) is 1.46. The molecule has 4 saturated heterocycles. The molecule has 24 heteroatoms. The Morgan fingerprint density at radius 2 is 1.08 bits per heavy atom. The van der Waals surface area contributed by atoms with Gasteiger partial charge >= 0.3 is 0 Å². The van der Waals surface area contributed by atoms with E-state index < -0.39 is 135 Å². The van der Waals surface area contributed by atoms with Crippen LogP contribution in [-0.4, -0.2) is 226 Å². The third kappa shape index (κ3) is 12.9. The van der Waals surface area contributed by atoms with E-state index in [0.29, 0.717) is 12.4 Å². The highest BCUT2D eigenvalue weighted by Crippen LogP contribution is 2.30. The topological polar surface area (TPSA) is 347 Å². The van der Waals surface area contributed by atoms with Crippen LogP contribution >= 0.6 is 37.9 Å². The predicted octanol–water partition coefficient (Wildman–Crippen LogP) is -7.59. The Bertz CT molecular complexity index is 1060. The predicted molar refractivity (Wildman–Crippen MR) is 186 cm³/mol. The molecule has 4 rings (SSSR count). The van der Waals surface area contributed by atoms with Crippen LogP contribution in [0.5, 0.6) is 0 Å². The number of nitrogens with one attached hydrogen (secondary N) is 1. The van der Waals surface area contributed by atoms with Gasteiger partial charge in [0.25, 0.3) is 0 Å². The molecular formula is C29H55NO20S3. The summed E-state index contributed by atoms with van der Waals surface area (Å²) >= 11 is 11.9. The van der Waals surface area contributed by atoms with Gasteiger partial charge in [0, 0.05) is 18.6 Å². The maximum absolute atomic E-state index is 10.8. The van der Waals surface area contributed by atoms with Crippen molar-refractivity contribution in [1.82, 2.24) is 5.32 Å². The maximum atomic E-state index is 10.8. The quantitative estimate of drug-likeness (QED) is 0.0909. The first-order chi connectivity index (χ1) is 24.9. The lowest BCUT2D eigenvalue weighted by atomic mass is 9.92. The van der Waals surface area contributed by atoms with Crippen LogP contribution < -0.4 is 5.32 Å². The molecule has 53 heavy (non-hydrogen) atoms. The molecule has 4 aliphatic heterocycles. The van der Waals surface area contributed by atoms with Gasteiger partial charge in [0.1, 0.15) is 90.2 Å². The highest BCUT2D eigenvalue weighted by molar-refractivity contribution is 7.81. The molecule has 0 aromatic heterocycles. The number of carbonyl (C=O) groups excluding carboxylic acids is 1. The van der Waals surface area contributed by atoms with Crippen LogP contribution in [0.1, 0.15) is 13.8 Å². The number of aliphatic hydroxyl groups excluding tert-OH is 13. The molecule has 0 bridgehead atoms. The normalized spacial score (nSPS) is 45.9. The number of rotatable bonds is 10. The number of aliphatic hydroxyl groups is 13. The Labute approximate surface area is 321 Å². The molecule has 0 aromatic rings. The summed E-state index contributed by atoms with van der Waals surface area (Å²) in [5.41, 5.74) is -1.80. The summed E-state index contributed by atoms with van der Waals surface area (Å²) in [5, 5.41) is 126.